The van der Waals surface area contributed by atoms with Crippen LogP contribution in [0.2, 0.25) is 5.02 Å². The summed E-state index contributed by atoms with van der Waals surface area (Å²) in [4.78, 5) is 4.30. The van der Waals surface area contributed by atoms with Crippen LogP contribution in [0.1, 0.15) is 6.42 Å². The smallest absolute Gasteiger partial charge is 0.201 e. The highest BCUT2D eigenvalue weighted by Gasteiger charge is 2.10. The van der Waals surface area contributed by atoms with E-state index in [-0.39, 0.29) is 0 Å². The number of aryl methyl sites for hydroxylation is 1. The Bertz CT molecular complexity index is 542. The first-order chi connectivity index (χ1) is 9.24. The van der Waals surface area contributed by atoms with Gasteiger partial charge in [0.2, 0.25) is 5.95 Å². The van der Waals surface area contributed by atoms with Crippen molar-refractivity contribution in [1.29, 1.82) is 0 Å². The molecule has 2 aromatic rings. The predicted molar refractivity (Wildman–Crippen MR) is 76.5 cm³/mol. The van der Waals surface area contributed by atoms with Gasteiger partial charge in [-0.1, -0.05) is 17.7 Å². The zero-order valence-electron chi connectivity index (χ0n) is 10.9. The minimum Gasteiger partial charge on any atom is -0.382 e. The van der Waals surface area contributed by atoms with Gasteiger partial charge in [-0.25, -0.2) is 4.98 Å². The van der Waals surface area contributed by atoms with Gasteiger partial charge in [0.15, 0.2) is 0 Å². The molecule has 0 atom stereocenters. The lowest BCUT2D eigenvalue weighted by Gasteiger charge is -2.08. The zero-order valence-corrected chi connectivity index (χ0v) is 11.7. The average Bonchev–Trinajstić information content (AvgIpc) is 2.71. The first-order valence-corrected chi connectivity index (χ1v) is 6.58. The molecule has 2 rings (SSSR count). The van der Waals surface area contributed by atoms with Crippen LogP contribution in [-0.2, 0) is 16.0 Å². The summed E-state index contributed by atoms with van der Waals surface area (Å²) in [5, 5.41) is 0.669. The number of ether oxygens (including phenoxy) is 2. The molecule has 1 heterocycles. The number of methoxy groups -OCH3 is 1. The molecular formula is C13H18ClN3O2. The summed E-state index contributed by atoms with van der Waals surface area (Å²) in [6, 6.07) is 5.62. The molecule has 1 aromatic carbocycles. The number of para-hydroxylation sites is 1. The maximum Gasteiger partial charge on any atom is 0.201 e. The SMILES string of the molecule is COCCOCCCn1c(N)nc2cccc(Cl)c21. The van der Waals surface area contributed by atoms with Crippen molar-refractivity contribution in [3.63, 3.8) is 0 Å². The number of nitrogen functional groups attached to an aromatic ring is 1. The number of anilines is 1. The van der Waals surface area contributed by atoms with Crippen molar-refractivity contribution in [2.45, 2.75) is 13.0 Å². The second-order valence-corrected chi connectivity index (χ2v) is 4.60. The monoisotopic (exact) mass is 283 g/mol. The number of halogens is 1. The minimum atomic E-state index is 0.486. The molecule has 0 amide bonds. The number of aromatic nitrogens is 2. The van der Waals surface area contributed by atoms with E-state index in [1.807, 2.05) is 22.8 Å². The van der Waals surface area contributed by atoms with Crippen molar-refractivity contribution >= 4 is 28.6 Å². The normalized spacial score (nSPS) is 11.3. The van der Waals surface area contributed by atoms with Crippen LogP contribution in [0.4, 0.5) is 5.95 Å². The number of fused-ring (bicyclic) bond motifs is 1. The molecule has 0 bridgehead atoms. The predicted octanol–water partition coefficient (Wildman–Crippen LogP) is 2.33. The van der Waals surface area contributed by atoms with Crippen molar-refractivity contribution in [1.82, 2.24) is 9.55 Å². The van der Waals surface area contributed by atoms with Crippen LogP contribution in [-0.4, -0.2) is 36.5 Å². The molecule has 0 unspecified atom stereocenters. The third-order valence-electron chi connectivity index (χ3n) is 2.85. The Hall–Kier alpha value is -1.30. The van der Waals surface area contributed by atoms with Crippen molar-refractivity contribution < 1.29 is 9.47 Å². The van der Waals surface area contributed by atoms with E-state index in [0.717, 1.165) is 24.0 Å². The van der Waals surface area contributed by atoms with Gasteiger partial charge in [0, 0.05) is 20.3 Å². The quantitative estimate of drug-likeness (QED) is 0.792. The van der Waals surface area contributed by atoms with Crippen LogP contribution in [0, 0.1) is 0 Å². The van der Waals surface area contributed by atoms with Crippen LogP contribution in [0.25, 0.3) is 11.0 Å². The second-order valence-electron chi connectivity index (χ2n) is 4.19. The summed E-state index contributed by atoms with van der Waals surface area (Å²) in [6.07, 6.45) is 0.852. The van der Waals surface area contributed by atoms with E-state index in [4.69, 9.17) is 26.8 Å². The fourth-order valence-corrected chi connectivity index (χ4v) is 2.23. The van der Waals surface area contributed by atoms with Gasteiger partial charge in [-0.3, -0.25) is 0 Å². The summed E-state index contributed by atoms with van der Waals surface area (Å²) in [5.41, 5.74) is 7.63. The van der Waals surface area contributed by atoms with Gasteiger partial charge in [-0.2, -0.15) is 0 Å². The van der Waals surface area contributed by atoms with Gasteiger partial charge < -0.3 is 19.8 Å². The number of imidazole rings is 1. The molecule has 5 nitrogen and oxygen atoms in total. The molecule has 6 heteroatoms. The molecule has 0 saturated carbocycles. The Morgan fingerprint density at radius 2 is 2.16 bits per heavy atom. The van der Waals surface area contributed by atoms with E-state index in [9.17, 15) is 0 Å². The average molecular weight is 284 g/mol. The topological polar surface area (TPSA) is 62.3 Å². The van der Waals surface area contributed by atoms with Gasteiger partial charge in [0.25, 0.3) is 0 Å². The molecule has 2 N–H and O–H groups in total. The maximum absolute atomic E-state index is 6.19. The number of rotatable bonds is 7. The molecule has 0 saturated heterocycles. The van der Waals surface area contributed by atoms with Crippen LogP contribution < -0.4 is 5.73 Å². The van der Waals surface area contributed by atoms with Crippen LogP contribution in [0.3, 0.4) is 0 Å². The fourth-order valence-electron chi connectivity index (χ4n) is 1.96. The van der Waals surface area contributed by atoms with E-state index >= 15 is 0 Å². The Morgan fingerprint density at radius 1 is 1.32 bits per heavy atom. The van der Waals surface area contributed by atoms with Gasteiger partial charge in [-0.05, 0) is 18.6 Å². The highest BCUT2D eigenvalue weighted by Crippen LogP contribution is 2.25. The molecule has 0 aliphatic rings. The first-order valence-electron chi connectivity index (χ1n) is 6.21. The Balaban J connectivity index is 1.98. The molecule has 19 heavy (non-hydrogen) atoms. The lowest BCUT2D eigenvalue weighted by molar-refractivity contribution is 0.0682. The molecule has 104 valence electrons. The summed E-state index contributed by atoms with van der Waals surface area (Å²) in [5.74, 6) is 0.486. The third-order valence-corrected chi connectivity index (χ3v) is 3.15. The van der Waals surface area contributed by atoms with E-state index in [1.165, 1.54) is 0 Å². The fraction of sp³-hybridized carbons (Fsp3) is 0.462. The standard InChI is InChI=1S/C13H18ClN3O2/c1-18-8-9-19-7-3-6-17-12-10(14)4-2-5-11(12)16-13(17)15/h2,4-5H,3,6-9H2,1H3,(H2,15,16). The number of nitrogens with zero attached hydrogens (tertiary/aromatic N) is 2. The third kappa shape index (κ3) is 3.37. The Kier molecular flexibility index (Phi) is 5.01. The largest absolute Gasteiger partial charge is 0.382 e. The summed E-state index contributed by atoms with van der Waals surface area (Å²) >= 11 is 6.19. The van der Waals surface area contributed by atoms with E-state index < -0.39 is 0 Å². The zero-order chi connectivity index (χ0) is 13.7. The van der Waals surface area contributed by atoms with Gasteiger partial charge in [-0.15, -0.1) is 0 Å². The Labute approximate surface area is 117 Å². The summed E-state index contributed by atoms with van der Waals surface area (Å²) < 4.78 is 12.3. The minimum absolute atomic E-state index is 0.486. The van der Waals surface area contributed by atoms with E-state index in [2.05, 4.69) is 4.98 Å². The summed E-state index contributed by atoms with van der Waals surface area (Å²) in [7, 11) is 1.66. The van der Waals surface area contributed by atoms with Gasteiger partial charge >= 0.3 is 0 Å². The van der Waals surface area contributed by atoms with Crippen molar-refractivity contribution in [3.8, 4) is 0 Å². The van der Waals surface area contributed by atoms with Crippen LogP contribution >= 0.6 is 11.6 Å². The lowest BCUT2D eigenvalue weighted by Crippen LogP contribution is -2.08. The molecule has 0 aliphatic carbocycles. The highest BCUT2D eigenvalue weighted by atomic mass is 35.5. The summed E-state index contributed by atoms with van der Waals surface area (Å²) in [6.45, 7) is 2.62. The molecule has 0 fully saturated rings. The number of benzene rings is 1. The number of hydrogen-bond acceptors (Lipinski definition) is 4. The van der Waals surface area contributed by atoms with Gasteiger partial charge in [0.1, 0.15) is 0 Å². The van der Waals surface area contributed by atoms with Crippen molar-refractivity contribution in [3.05, 3.63) is 23.2 Å². The van der Waals surface area contributed by atoms with Crippen LogP contribution in [0.5, 0.6) is 0 Å². The van der Waals surface area contributed by atoms with E-state index in [1.54, 1.807) is 7.11 Å². The molecular weight excluding hydrogens is 266 g/mol. The van der Waals surface area contributed by atoms with Crippen molar-refractivity contribution in [2.24, 2.45) is 0 Å². The lowest BCUT2D eigenvalue weighted by atomic mass is 10.3. The van der Waals surface area contributed by atoms with Gasteiger partial charge in [0.05, 0.1) is 29.3 Å². The highest BCUT2D eigenvalue weighted by molar-refractivity contribution is 6.35. The second kappa shape index (κ2) is 6.75. The molecule has 0 spiro atoms. The van der Waals surface area contributed by atoms with Crippen LogP contribution in [0.15, 0.2) is 18.2 Å². The molecule has 1 aromatic heterocycles. The first kappa shape index (κ1) is 14.1. The number of hydrogen-bond donors (Lipinski definition) is 1. The van der Waals surface area contributed by atoms with E-state index in [0.29, 0.717) is 30.8 Å². The Morgan fingerprint density at radius 3 is 2.95 bits per heavy atom. The molecule has 0 radical (unpaired) electrons. The number of nitrogens with two attached hydrogens (primary N) is 1. The molecule has 0 aliphatic heterocycles. The maximum atomic E-state index is 6.19. The van der Waals surface area contributed by atoms with Crippen molar-refractivity contribution in [2.75, 3.05) is 32.7 Å².